The van der Waals surface area contributed by atoms with Crippen LogP contribution in [-0.4, -0.2) is 17.6 Å². The molecule has 1 aromatic carbocycles. The third-order valence-electron chi connectivity index (χ3n) is 3.45. The topological polar surface area (TPSA) is 49.3 Å². The van der Waals surface area contributed by atoms with E-state index >= 15 is 0 Å². The van der Waals surface area contributed by atoms with Crippen molar-refractivity contribution in [3.8, 4) is 11.8 Å². The molecular formula is C18H25NO2. The van der Waals surface area contributed by atoms with Gasteiger partial charge >= 0.3 is 0 Å². The van der Waals surface area contributed by atoms with Crippen LogP contribution in [0.1, 0.15) is 50.7 Å². The van der Waals surface area contributed by atoms with Gasteiger partial charge in [0.05, 0.1) is 0 Å². The lowest BCUT2D eigenvalue weighted by molar-refractivity contribution is -0.120. The maximum atomic E-state index is 12.4. The van der Waals surface area contributed by atoms with Gasteiger partial charge in [-0.25, -0.2) is 0 Å². The van der Waals surface area contributed by atoms with E-state index in [0.29, 0.717) is 0 Å². The lowest BCUT2D eigenvalue weighted by Gasteiger charge is -2.16. The van der Waals surface area contributed by atoms with Crippen LogP contribution in [0.4, 0.5) is 5.69 Å². The largest absolute Gasteiger partial charge is 0.384 e. The molecular weight excluding hydrogens is 262 g/mol. The van der Waals surface area contributed by atoms with Crippen LogP contribution in [0, 0.1) is 24.7 Å². The maximum Gasteiger partial charge on any atom is 0.227 e. The van der Waals surface area contributed by atoms with Gasteiger partial charge in [-0.2, -0.15) is 0 Å². The van der Waals surface area contributed by atoms with E-state index in [0.717, 1.165) is 42.5 Å². The molecule has 0 heterocycles. The first-order valence-corrected chi connectivity index (χ1v) is 7.63. The molecule has 0 aliphatic carbocycles. The predicted molar refractivity (Wildman–Crippen MR) is 87.1 cm³/mol. The number of amides is 1. The van der Waals surface area contributed by atoms with Crippen molar-refractivity contribution in [2.45, 2.75) is 46.5 Å². The van der Waals surface area contributed by atoms with Gasteiger partial charge in [0.1, 0.15) is 6.61 Å². The normalized spacial score (nSPS) is 10.1. The molecule has 0 saturated carbocycles. The van der Waals surface area contributed by atoms with Gasteiger partial charge in [-0.3, -0.25) is 4.79 Å². The number of aliphatic hydroxyl groups is 1. The average Bonchev–Trinajstić information content (AvgIpc) is 2.47. The van der Waals surface area contributed by atoms with Crippen LogP contribution in [0.15, 0.2) is 18.2 Å². The van der Waals surface area contributed by atoms with Crippen LogP contribution in [-0.2, 0) is 4.79 Å². The van der Waals surface area contributed by atoms with Gasteiger partial charge in [-0.05, 0) is 37.5 Å². The van der Waals surface area contributed by atoms with Crippen molar-refractivity contribution in [3.05, 3.63) is 29.3 Å². The second kappa shape index (κ2) is 9.20. The fourth-order valence-electron chi connectivity index (χ4n) is 2.31. The second-order valence-electron chi connectivity index (χ2n) is 5.25. The van der Waals surface area contributed by atoms with Gasteiger partial charge in [-0.15, -0.1) is 0 Å². The van der Waals surface area contributed by atoms with Crippen molar-refractivity contribution in [1.82, 2.24) is 0 Å². The Morgan fingerprint density at radius 1 is 1.29 bits per heavy atom. The van der Waals surface area contributed by atoms with E-state index in [1.54, 1.807) is 0 Å². The Balaban J connectivity index is 2.87. The summed E-state index contributed by atoms with van der Waals surface area (Å²) in [6, 6.07) is 5.69. The molecule has 3 heteroatoms. The molecule has 0 atom stereocenters. The van der Waals surface area contributed by atoms with Crippen molar-refractivity contribution in [2.75, 3.05) is 11.9 Å². The number of aryl methyl sites for hydroxylation is 1. The summed E-state index contributed by atoms with van der Waals surface area (Å²) in [6.07, 6.45) is 3.86. The van der Waals surface area contributed by atoms with Crippen LogP contribution in [0.25, 0.3) is 0 Å². The molecule has 3 nitrogen and oxygen atoms in total. The Kier molecular flexibility index (Phi) is 7.56. The van der Waals surface area contributed by atoms with Crippen molar-refractivity contribution in [3.63, 3.8) is 0 Å². The summed E-state index contributed by atoms with van der Waals surface area (Å²) in [6.45, 7) is 6.01. The van der Waals surface area contributed by atoms with Crippen LogP contribution in [0.5, 0.6) is 0 Å². The van der Waals surface area contributed by atoms with E-state index < -0.39 is 0 Å². The Bertz CT molecular complexity index is 520. The number of anilines is 1. The summed E-state index contributed by atoms with van der Waals surface area (Å²) in [5.41, 5.74) is 2.62. The zero-order chi connectivity index (χ0) is 15.7. The number of nitrogens with one attached hydrogen (secondary N) is 1. The lowest BCUT2D eigenvalue weighted by atomic mass is 9.97. The minimum atomic E-state index is -0.162. The number of aliphatic hydroxyl groups excluding tert-OH is 1. The zero-order valence-electron chi connectivity index (χ0n) is 13.2. The van der Waals surface area contributed by atoms with E-state index in [1.807, 2.05) is 25.1 Å². The Morgan fingerprint density at radius 3 is 2.52 bits per heavy atom. The molecule has 114 valence electrons. The molecule has 0 aliphatic rings. The van der Waals surface area contributed by atoms with E-state index in [-0.39, 0.29) is 18.4 Å². The van der Waals surface area contributed by atoms with Crippen molar-refractivity contribution >= 4 is 11.6 Å². The van der Waals surface area contributed by atoms with Gasteiger partial charge in [0.15, 0.2) is 0 Å². The number of hydrogen-bond acceptors (Lipinski definition) is 2. The minimum absolute atomic E-state index is 0.0755. The van der Waals surface area contributed by atoms with Crippen LogP contribution in [0.2, 0.25) is 0 Å². The molecule has 0 saturated heterocycles. The van der Waals surface area contributed by atoms with Gasteiger partial charge in [0.2, 0.25) is 5.91 Å². The molecule has 0 aliphatic heterocycles. The number of carbonyl (C=O) groups excluding carboxylic acids is 1. The average molecular weight is 287 g/mol. The Morgan fingerprint density at radius 2 is 1.95 bits per heavy atom. The first-order chi connectivity index (χ1) is 10.1. The highest BCUT2D eigenvalue weighted by Gasteiger charge is 2.17. The SMILES string of the molecule is CCCC(CCC)C(=O)Nc1cc(C#CCO)ccc1C. The standard InChI is InChI=1S/C18H25NO2/c1-4-7-16(8-5-2)18(21)19-17-13-15(9-6-12-20)11-10-14(17)3/h10-11,13,16,20H,4-5,7-8,12H2,1-3H3,(H,19,21). The van der Waals surface area contributed by atoms with Crippen LogP contribution < -0.4 is 5.32 Å². The molecule has 21 heavy (non-hydrogen) atoms. The summed E-state index contributed by atoms with van der Waals surface area (Å²) >= 11 is 0. The molecule has 0 fully saturated rings. The molecule has 0 aromatic heterocycles. The predicted octanol–water partition coefficient (Wildman–Crippen LogP) is 3.49. The molecule has 1 amide bonds. The minimum Gasteiger partial charge on any atom is -0.384 e. The molecule has 0 spiro atoms. The molecule has 0 unspecified atom stereocenters. The van der Waals surface area contributed by atoms with E-state index in [2.05, 4.69) is 31.0 Å². The first-order valence-electron chi connectivity index (χ1n) is 7.63. The third-order valence-corrected chi connectivity index (χ3v) is 3.45. The lowest BCUT2D eigenvalue weighted by Crippen LogP contribution is -2.23. The summed E-state index contributed by atoms with van der Waals surface area (Å²) < 4.78 is 0. The number of benzene rings is 1. The summed E-state index contributed by atoms with van der Waals surface area (Å²) in [4.78, 5) is 12.4. The zero-order valence-corrected chi connectivity index (χ0v) is 13.2. The van der Waals surface area contributed by atoms with Gasteiger partial charge in [-0.1, -0.05) is 44.6 Å². The van der Waals surface area contributed by atoms with E-state index in [4.69, 9.17) is 5.11 Å². The molecule has 0 radical (unpaired) electrons. The highest BCUT2D eigenvalue weighted by atomic mass is 16.2. The number of rotatable bonds is 6. The number of carbonyl (C=O) groups is 1. The van der Waals surface area contributed by atoms with Gasteiger partial charge in [0, 0.05) is 17.2 Å². The van der Waals surface area contributed by atoms with Crippen molar-refractivity contribution in [2.24, 2.45) is 5.92 Å². The molecule has 1 rings (SSSR count). The third kappa shape index (κ3) is 5.61. The van der Waals surface area contributed by atoms with E-state index in [1.165, 1.54) is 0 Å². The quantitative estimate of drug-likeness (QED) is 0.787. The van der Waals surface area contributed by atoms with E-state index in [9.17, 15) is 4.79 Å². The molecule has 2 N–H and O–H groups in total. The van der Waals surface area contributed by atoms with Gasteiger partial charge in [0.25, 0.3) is 0 Å². The number of hydrogen-bond donors (Lipinski definition) is 2. The highest BCUT2D eigenvalue weighted by molar-refractivity contribution is 5.93. The molecule has 0 bridgehead atoms. The van der Waals surface area contributed by atoms with Gasteiger partial charge < -0.3 is 10.4 Å². The highest BCUT2D eigenvalue weighted by Crippen LogP contribution is 2.20. The summed E-state index contributed by atoms with van der Waals surface area (Å²) in [5.74, 6) is 5.65. The fraction of sp³-hybridized carbons (Fsp3) is 0.500. The van der Waals surface area contributed by atoms with Crippen LogP contribution >= 0.6 is 0 Å². The van der Waals surface area contributed by atoms with Crippen LogP contribution in [0.3, 0.4) is 0 Å². The first kappa shape index (κ1) is 17.3. The monoisotopic (exact) mass is 287 g/mol. The Hall–Kier alpha value is -1.79. The fourth-order valence-corrected chi connectivity index (χ4v) is 2.31. The molecule has 1 aromatic rings. The van der Waals surface area contributed by atoms with Crippen molar-refractivity contribution in [1.29, 1.82) is 0 Å². The summed E-state index contributed by atoms with van der Waals surface area (Å²) in [5, 5.41) is 11.8. The Labute approximate surface area is 127 Å². The maximum absolute atomic E-state index is 12.4. The van der Waals surface area contributed by atoms with Crippen molar-refractivity contribution < 1.29 is 9.90 Å². The summed E-state index contributed by atoms with van der Waals surface area (Å²) in [7, 11) is 0. The second-order valence-corrected chi connectivity index (χ2v) is 5.25. The smallest absolute Gasteiger partial charge is 0.227 e.